The first-order chi connectivity index (χ1) is 5.97. The number of rotatable bonds is 3. The van der Waals surface area contributed by atoms with Crippen molar-refractivity contribution in [3.63, 3.8) is 0 Å². The van der Waals surface area contributed by atoms with Gasteiger partial charge in [-0.05, 0) is 12.5 Å². The molecule has 0 aliphatic carbocycles. The first-order valence-corrected chi connectivity index (χ1v) is 3.66. The Hall–Kier alpha value is -1.25. The van der Waals surface area contributed by atoms with Gasteiger partial charge in [-0.25, -0.2) is 0 Å². The highest BCUT2D eigenvalue weighted by Gasteiger charge is 2.32. The van der Waals surface area contributed by atoms with E-state index in [1.807, 2.05) is 0 Å². The minimum Gasteiger partial charge on any atom is -0.166 e. The molecule has 0 aliphatic rings. The lowest BCUT2D eigenvalue weighted by Crippen LogP contribution is -2.11. The second kappa shape index (κ2) is 4.70. The molecule has 0 heterocycles. The van der Waals surface area contributed by atoms with Gasteiger partial charge < -0.3 is 0 Å². The van der Waals surface area contributed by atoms with Crippen LogP contribution in [0.15, 0.2) is 48.6 Å². The molecule has 0 rings (SSSR count). The highest BCUT2D eigenvalue weighted by Crippen LogP contribution is 2.29. The summed E-state index contributed by atoms with van der Waals surface area (Å²) in [5.41, 5.74) is -0.731. The van der Waals surface area contributed by atoms with Crippen LogP contribution in [0.1, 0.15) is 6.92 Å². The molecule has 0 fully saturated rings. The van der Waals surface area contributed by atoms with Crippen LogP contribution in [-0.4, -0.2) is 6.18 Å². The van der Waals surface area contributed by atoms with Gasteiger partial charge in [0.25, 0.3) is 0 Å². The normalized spacial score (nSPS) is 11.4. The largest absolute Gasteiger partial charge is 0.416 e. The fourth-order valence-electron chi connectivity index (χ4n) is 0.824. The Morgan fingerprint density at radius 2 is 1.62 bits per heavy atom. The Balaban J connectivity index is 5.33. The van der Waals surface area contributed by atoms with Crippen LogP contribution in [0, 0.1) is 0 Å². The van der Waals surface area contributed by atoms with Crippen molar-refractivity contribution in [2.45, 2.75) is 13.1 Å². The minimum absolute atomic E-state index is 0.00870. The van der Waals surface area contributed by atoms with Crippen molar-refractivity contribution in [3.05, 3.63) is 48.6 Å². The average Bonchev–Trinajstić information content (AvgIpc) is 2.03. The summed E-state index contributed by atoms with van der Waals surface area (Å²) in [5, 5.41) is 0. The molecule has 0 aliphatic heterocycles. The Kier molecular flexibility index (Phi) is 4.25. The van der Waals surface area contributed by atoms with E-state index in [0.29, 0.717) is 0 Å². The van der Waals surface area contributed by atoms with Gasteiger partial charge in [0, 0.05) is 0 Å². The second-order valence-electron chi connectivity index (χ2n) is 2.28. The zero-order valence-electron chi connectivity index (χ0n) is 7.36. The highest BCUT2D eigenvalue weighted by molar-refractivity contribution is 5.41. The van der Waals surface area contributed by atoms with E-state index in [-0.39, 0.29) is 5.57 Å². The van der Waals surface area contributed by atoms with Crippen LogP contribution in [0.3, 0.4) is 0 Å². The van der Waals surface area contributed by atoms with E-state index in [1.54, 1.807) is 0 Å². The molecule has 0 aromatic heterocycles. The van der Waals surface area contributed by atoms with E-state index in [2.05, 4.69) is 13.2 Å². The standard InChI is InChI=1S/C10H11F3/c1-4-7-9(10(11,12)13)8(5-2)6-3/h4-7H,2-3H2,1H3/b7-4-. The minimum atomic E-state index is -4.36. The Labute approximate surface area is 75.8 Å². The van der Waals surface area contributed by atoms with Gasteiger partial charge in [-0.2, -0.15) is 13.2 Å². The fourth-order valence-corrected chi connectivity index (χ4v) is 0.824. The van der Waals surface area contributed by atoms with Gasteiger partial charge in [-0.3, -0.25) is 0 Å². The number of hydrogen-bond donors (Lipinski definition) is 0. The SMILES string of the molecule is C=CC(C=C)=C(/C=C\C)C(F)(F)F. The molecule has 0 aromatic carbocycles. The van der Waals surface area contributed by atoms with Gasteiger partial charge in [-0.1, -0.05) is 37.5 Å². The van der Waals surface area contributed by atoms with Crippen molar-refractivity contribution >= 4 is 0 Å². The van der Waals surface area contributed by atoms with Crippen molar-refractivity contribution in [2.24, 2.45) is 0 Å². The molecular weight excluding hydrogens is 177 g/mol. The number of allylic oxidation sites excluding steroid dienone is 6. The fraction of sp³-hybridized carbons (Fsp3) is 0.200. The monoisotopic (exact) mass is 188 g/mol. The number of halogens is 3. The molecule has 13 heavy (non-hydrogen) atoms. The van der Waals surface area contributed by atoms with Crippen LogP contribution in [0.25, 0.3) is 0 Å². The number of alkyl halides is 3. The van der Waals surface area contributed by atoms with Gasteiger partial charge in [0.05, 0.1) is 5.57 Å². The lowest BCUT2D eigenvalue weighted by molar-refractivity contribution is -0.0886. The average molecular weight is 188 g/mol. The van der Waals surface area contributed by atoms with Crippen LogP contribution in [0.4, 0.5) is 13.2 Å². The summed E-state index contributed by atoms with van der Waals surface area (Å²) in [4.78, 5) is 0. The topological polar surface area (TPSA) is 0 Å². The summed E-state index contributed by atoms with van der Waals surface area (Å²) >= 11 is 0. The zero-order chi connectivity index (χ0) is 10.5. The van der Waals surface area contributed by atoms with E-state index in [4.69, 9.17) is 0 Å². The van der Waals surface area contributed by atoms with Crippen molar-refractivity contribution in [1.82, 2.24) is 0 Å². The molecule has 0 saturated carbocycles. The summed E-state index contributed by atoms with van der Waals surface area (Å²) in [6.07, 6.45) is 0.240. The maximum Gasteiger partial charge on any atom is 0.416 e. The quantitative estimate of drug-likeness (QED) is 0.591. The van der Waals surface area contributed by atoms with Crippen LogP contribution < -0.4 is 0 Å². The van der Waals surface area contributed by atoms with E-state index in [1.165, 1.54) is 13.0 Å². The molecule has 3 heteroatoms. The molecular formula is C10H11F3. The highest BCUT2D eigenvalue weighted by atomic mass is 19.4. The molecule has 72 valence electrons. The summed E-state index contributed by atoms with van der Waals surface area (Å²) in [5.74, 6) is 0. The summed E-state index contributed by atoms with van der Waals surface area (Å²) in [6, 6.07) is 0. The lowest BCUT2D eigenvalue weighted by atomic mass is 10.1. The lowest BCUT2D eigenvalue weighted by Gasteiger charge is -2.09. The third-order valence-electron chi connectivity index (χ3n) is 1.39. The molecule has 0 nitrogen and oxygen atoms in total. The van der Waals surface area contributed by atoms with E-state index < -0.39 is 11.7 Å². The van der Waals surface area contributed by atoms with Gasteiger partial charge in [0.2, 0.25) is 0 Å². The maximum atomic E-state index is 12.3. The van der Waals surface area contributed by atoms with Crippen LogP contribution in [-0.2, 0) is 0 Å². The molecule has 0 radical (unpaired) electrons. The predicted molar refractivity (Wildman–Crippen MR) is 48.3 cm³/mol. The van der Waals surface area contributed by atoms with Gasteiger partial charge in [-0.15, -0.1) is 0 Å². The molecule has 0 amide bonds. The van der Waals surface area contributed by atoms with Gasteiger partial charge in [0.1, 0.15) is 0 Å². The summed E-state index contributed by atoms with van der Waals surface area (Å²) in [6.45, 7) is 8.09. The Morgan fingerprint density at radius 1 is 1.15 bits per heavy atom. The molecule has 0 N–H and O–H groups in total. The molecule has 0 aromatic rings. The molecule has 0 spiro atoms. The van der Waals surface area contributed by atoms with Crippen molar-refractivity contribution in [2.75, 3.05) is 0 Å². The zero-order valence-corrected chi connectivity index (χ0v) is 7.36. The smallest absolute Gasteiger partial charge is 0.166 e. The third-order valence-corrected chi connectivity index (χ3v) is 1.39. The molecule has 0 unspecified atom stereocenters. The summed E-state index contributed by atoms with van der Waals surface area (Å²) < 4.78 is 37.0. The first-order valence-electron chi connectivity index (χ1n) is 3.66. The number of hydrogen-bond acceptors (Lipinski definition) is 0. The first kappa shape index (κ1) is 11.8. The van der Waals surface area contributed by atoms with Gasteiger partial charge in [0.15, 0.2) is 0 Å². The van der Waals surface area contributed by atoms with Crippen LogP contribution >= 0.6 is 0 Å². The summed E-state index contributed by atoms with van der Waals surface area (Å²) in [7, 11) is 0. The van der Waals surface area contributed by atoms with Crippen molar-refractivity contribution < 1.29 is 13.2 Å². The van der Waals surface area contributed by atoms with Gasteiger partial charge >= 0.3 is 6.18 Å². The molecule has 0 saturated heterocycles. The van der Waals surface area contributed by atoms with Crippen LogP contribution in [0.5, 0.6) is 0 Å². The van der Waals surface area contributed by atoms with Crippen molar-refractivity contribution in [1.29, 1.82) is 0 Å². The van der Waals surface area contributed by atoms with E-state index in [0.717, 1.165) is 18.2 Å². The van der Waals surface area contributed by atoms with Crippen LogP contribution in [0.2, 0.25) is 0 Å². The third kappa shape index (κ3) is 3.32. The molecule has 0 bridgehead atoms. The predicted octanol–water partition coefficient (Wildman–Crippen LogP) is 3.79. The second-order valence-corrected chi connectivity index (χ2v) is 2.28. The molecule has 0 atom stereocenters. The van der Waals surface area contributed by atoms with E-state index in [9.17, 15) is 13.2 Å². The maximum absolute atomic E-state index is 12.3. The Morgan fingerprint density at radius 3 is 1.85 bits per heavy atom. The van der Waals surface area contributed by atoms with E-state index >= 15 is 0 Å². The van der Waals surface area contributed by atoms with Crippen molar-refractivity contribution in [3.8, 4) is 0 Å². The Bertz CT molecular complexity index is 244.